The van der Waals surface area contributed by atoms with Crippen molar-refractivity contribution in [3.63, 3.8) is 0 Å². The van der Waals surface area contributed by atoms with E-state index < -0.39 is 0 Å². The summed E-state index contributed by atoms with van der Waals surface area (Å²) >= 11 is 0. The number of piperidine rings is 1. The first kappa shape index (κ1) is 14.6. The van der Waals surface area contributed by atoms with Gasteiger partial charge in [-0.05, 0) is 26.7 Å². The highest BCUT2D eigenvalue weighted by Gasteiger charge is 2.24. The molecule has 0 bridgehead atoms. The third-order valence-corrected chi connectivity index (χ3v) is 3.68. The Bertz CT molecular complexity index is 648. The van der Waals surface area contributed by atoms with Crippen LogP contribution >= 0.6 is 0 Å². The molecule has 0 unspecified atom stereocenters. The van der Waals surface area contributed by atoms with Gasteiger partial charge in [0.1, 0.15) is 12.1 Å². The molecule has 0 aromatic carbocycles. The Balaban J connectivity index is 1.58. The summed E-state index contributed by atoms with van der Waals surface area (Å²) in [7, 11) is 0. The largest absolute Gasteiger partial charge is 0.447 e. The minimum absolute atomic E-state index is 0.0845. The number of rotatable bonds is 3. The smallest absolute Gasteiger partial charge is 0.410 e. The second-order valence-electron chi connectivity index (χ2n) is 5.69. The second-order valence-corrected chi connectivity index (χ2v) is 5.69. The van der Waals surface area contributed by atoms with Gasteiger partial charge >= 0.3 is 6.09 Å². The number of likely N-dealkylation sites (tertiary alicyclic amines) is 1. The van der Waals surface area contributed by atoms with Crippen molar-refractivity contribution >= 4 is 22.9 Å². The van der Waals surface area contributed by atoms with Crippen molar-refractivity contribution in [2.75, 3.05) is 18.4 Å². The Morgan fingerprint density at radius 2 is 2.18 bits per heavy atom. The van der Waals surface area contributed by atoms with Crippen LogP contribution < -0.4 is 5.32 Å². The van der Waals surface area contributed by atoms with Crippen molar-refractivity contribution in [2.45, 2.75) is 38.8 Å². The molecule has 0 spiro atoms. The number of fused-ring (bicyclic) bond motifs is 1. The summed E-state index contributed by atoms with van der Waals surface area (Å²) in [5.74, 6) is 0.780. The van der Waals surface area contributed by atoms with E-state index in [2.05, 4.69) is 25.5 Å². The van der Waals surface area contributed by atoms with Gasteiger partial charge in [0, 0.05) is 19.1 Å². The summed E-state index contributed by atoms with van der Waals surface area (Å²) in [4.78, 5) is 22.0. The highest BCUT2D eigenvalue weighted by Crippen LogP contribution is 2.21. The molecular formula is C14H20N6O2. The third kappa shape index (κ3) is 3.10. The van der Waals surface area contributed by atoms with E-state index >= 15 is 0 Å². The van der Waals surface area contributed by atoms with Crippen LogP contribution in [0.25, 0.3) is 11.0 Å². The summed E-state index contributed by atoms with van der Waals surface area (Å²) < 4.78 is 5.22. The predicted molar refractivity (Wildman–Crippen MR) is 81.5 cm³/mol. The maximum absolute atomic E-state index is 11.9. The van der Waals surface area contributed by atoms with Gasteiger partial charge < -0.3 is 15.0 Å². The fourth-order valence-corrected chi connectivity index (χ4v) is 2.56. The molecule has 8 nitrogen and oxygen atoms in total. The van der Waals surface area contributed by atoms with Gasteiger partial charge in [-0.15, -0.1) is 0 Å². The van der Waals surface area contributed by atoms with Crippen LogP contribution in [0.3, 0.4) is 0 Å². The van der Waals surface area contributed by atoms with E-state index in [4.69, 9.17) is 4.74 Å². The molecular weight excluding hydrogens is 284 g/mol. The standard InChI is InChI=1S/C14H20N6O2/c1-9(2)22-14(21)20-5-3-10(4-6-20)18-12-11-7-17-19-13(11)16-8-15-12/h7-10H,3-6H2,1-2H3,(H2,15,16,17,18,19). The lowest BCUT2D eigenvalue weighted by molar-refractivity contribution is 0.0701. The van der Waals surface area contributed by atoms with Crippen molar-refractivity contribution in [3.8, 4) is 0 Å². The van der Waals surface area contributed by atoms with Crippen LogP contribution in [0.15, 0.2) is 12.5 Å². The number of amides is 1. The molecule has 0 atom stereocenters. The fourth-order valence-electron chi connectivity index (χ4n) is 2.56. The van der Waals surface area contributed by atoms with Crippen molar-refractivity contribution in [2.24, 2.45) is 0 Å². The van der Waals surface area contributed by atoms with E-state index in [1.165, 1.54) is 6.33 Å². The number of nitrogens with zero attached hydrogens (tertiary/aromatic N) is 4. The molecule has 0 saturated carbocycles. The molecule has 0 aliphatic carbocycles. The molecule has 2 N–H and O–H groups in total. The number of carbonyl (C=O) groups excluding carboxylic acids is 1. The molecule has 22 heavy (non-hydrogen) atoms. The molecule has 3 heterocycles. The zero-order chi connectivity index (χ0) is 15.5. The average Bonchev–Trinajstić information content (AvgIpc) is 2.97. The first-order valence-electron chi connectivity index (χ1n) is 7.49. The van der Waals surface area contributed by atoms with E-state index in [9.17, 15) is 4.79 Å². The van der Waals surface area contributed by atoms with Crippen molar-refractivity contribution in [1.29, 1.82) is 0 Å². The Hall–Kier alpha value is -2.38. The molecule has 0 radical (unpaired) electrons. The summed E-state index contributed by atoms with van der Waals surface area (Å²) in [5, 5.41) is 11.1. The number of anilines is 1. The number of nitrogens with one attached hydrogen (secondary N) is 2. The van der Waals surface area contributed by atoms with Crippen LogP contribution in [0.4, 0.5) is 10.6 Å². The van der Waals surface area contributed by atoms with E-state index in [0.29, 0.717) is 13.1 Å². The Morgan fingerprint density at radius 1 is 1.41 bits per heavy atom. The second kappa shape index (κ2) is 6.17. The topological polar surface area (TPSA) is 96.0 Å². The normalized spacial score (nSPS) is 16.2. The number of aromatic nitrogens is 4. The van der Waals surface area contributed by atoms with E-state index in [0.717, 1.165) is 29.7 Å². The summed E-state index contributed by atoms with van der Waals surface area (Å²) in [5.41, 5.74) is 0.718. The molecule has 1 aliphatic rings. The van der Waals surface area contributed by atoms with Gasteiger partial charge in [-0.3, -0.25) is 5.10 Å². The summed E-state index contributed by atoms with van der Waals surface area (Å²) in [6, 6.07) is 0.274. The summed E-state index contributed by atoms with van der Waals surface area (Å²) in [6.07, 6.45) is 4.63. The lowest BCUT2D eigenvalue weighted by atomic mass is 10.1. The molecule has 8 heteroatoms. The van der Waals surface area contributed by atoms with Gasteiger partial charge in [0.2, 0.25) is 0 Å². The number of H-pyrrole nitrogens is 1. The molecule has 1 aliphatic heterocycles. The van der Waals surface area contributed by atoms with Crippen LogP contribution in [0.2, 0.25) is 0 Å². The van der Waals surface area contributed by atoms with E-state index in [1.807, 2.05) is 13.8 Å². The Kier molecular flexibility index (Phi) is 4.08. The number of aromatic amines is 1. The fraction of sp³-hybridized carbons (Fsp3) is 0.571. The zero-order valence-electron chi connectivity index (χ0n) is 12.7. The maximum atomic E-state index is 11.9. The monoisotopic (exact) mass is 304 g/mol. The molecule has 118 valence electrons. The maximum Gasteiger partial charge on any atom is 0.410 e. The Labute approximate surface area is 128 Å². The zero-order valence-corrected chi connectivity index (χ0v) is 12.7. The Morgan fingerprint density at radius 3 is 2.91 bits per heavy atom. The van der Waals surface area contributed by atoms with Gasteiger partial charge in [0.25, 0.3) is 0 Å². The highest BCUT2D eigenvalue weighted by atomic mass is 16.6. The predicted octanol–water partition coefficient (Wildman–Crippen LogP) is 1.77. The molecule has 1 fully saturated rings. The van der Waals surface area contributed by atoms with Crippen molar-refractivity contribution in [3.05, 3.63) is 12.5 Å². The summed E-state index contributed by atoms with van der Waals surface area (Å²) in [6.45, 7) is 5.08. The van der Waals surface area contributed by atoms with Crippen molar-refractivity contribution < 1.29 is 9.53 Å². The van der Waals surface area contributed by atoms with Gasteiger partial charge in [0.15, 0.2) is 5.65 Å². The van der Waals surface area contributed by atoms with Gasteiger partial charge in [0.05, 0.1) is 17.7 Å². The SMILES string of the molecule is CC(C)OC(=O)N1CCC(Nc2ncnc3[nH]ncc23)CC1. The lowest BCUT2D eigenvalue weighted by Gasteiger charge is -2.32. The molecule has 2 aromatic rings. The van der Waals surface area contributed by atoms with Crippen LogP contribution in [-0.2, 0) is 4.74 Å². The minimum Gasteiger partial charge on any atom is -0.447 e. The van der Waals surface area contributed by atoms with E-state index in [-0.39, 0.29) is 18.2 Å². The average molecular weight is 304 g/mol. The van der Waals surface area contributed by atoms with E-state index in [1.54, 1.807) is 11.1 Å². The number of ether oxygens (including phenoxy) is 1. The molecule has 2 aromatic heterocycles. The van der Waals surface area contributed by atoms with Gasteiger partial charge in [-0.1, -0.05) is 0 Å². The van der Waals surface area contributed by atoms with Crippen LogP contribution in [0, 0.1) is 0 Å². The number of hydrogen-bond acceptors (Lipinski definition) is 6. The minimum atomic E-state index is -0.229. The first-order chi connectivity index (χ1) is 10.6. The third-order valence-electron chi connectivity index (χ3n) is 3.68. The van der Waals surface area contributed by atoms with Gasteiger partial charge in [-0.2, -0.15) is 5.10 Å². The lowest BCUT2D eigenvalue weighted by Crippen LogP contribution is -2.43. The quantitative estimate of drug-likeness (QED) is 0.897. The highest BCUT2D eigenvalue weighted by molar-refractivity contribution is 5.85. The van der Waals surface area contributed by atoms with Crippen LogP contribution in [0.1, 0.15) is 26.7 Å². The molecule has 1 amide bonds. The number of carbonyl (C=O) groups is 1. The van der Waals surface area contributed by atoms with Crippen LogP contribution in [0.5, 0.6) is 0 Å². The number of hydrogen-bond donors (Lipinski definition) is 2. The molecule has 3 rings (SSSR count). The van der Waals surface area contributed by atoms with Gasteiger partial charge in [-0.25, -0.2) is 14.8 Å². The molecule has 1 saturated heterocycles. The first-order valence-corrected chi connectivity index (χ1v) is 7.49. The van der Waals surface area contributed by atoms with Crippen molar-refractivity contribution in [1.82, 2.24) is 25.1 Å². The van der Waals surface area contributed by atoms with Crippen LogP contribution in [-0.4, -0.2) is 56.4 Å².